The summed E-state index contributed by atoms with van der Waals surface area (Å²) in [7, 11) is 0. The lowest BCUT2D eigenvalue weighted by Gasteiger charge is -2.06. The summed E-state index contributed by atoms with van der Waals surface area (Å²) < 4.78 is 0. The molecular formula is C16H21ClN2O. The van der Waals surface area contributed by atoms with Crippen molar-refractivity contribution >= 4 is 29.1 Å². The number of carbonyl (C=O) groups is 1. The van der Waals surface area contributed by atoms with Crippen LogP contribution in [0.3, 0.4) is 0 Å². The molecule has 1 amide bonds. The van der Waals surface area contributed by atoms with E-state index in [4.69, 9.17) is 5.73 Å². The van der Waals surface area contributed by atoms with Gasteiger partial charge in [0.05, 0.1) is 6.42 Å². The Labute approximate surface area is 126 Å². The molecule has 3 N–H and O–H groups in total. The van der Waals surface area contributed by atoms with E-state index in [9.17, 15) is 4.79 Å². The number of rotatable bonds is 6. The Hall–Kier alpha value is -1.58. The Morgan fingerprint density at radius 1 is 1.05 bits per heavy atom. The molecule has 0 radical (unpaired) electrons. The lowest BCUT2D eigenvalue weighted by molar-refractivity contribution is -0.120. The normalized spacial score (nSPS) is 10.1. The maximum Gasteiger partial charge on any atom is 0.224 e. The lowest BCUT2D eigenvalue weighted by atomic mass is 10.0. The summed E-state index contributed by atoms with van der Waals surface area (Å²) in [5.41, 5.74) is 6.46. The summed E-state index contributed by atoms with van der Waals surface area (Å²) in [5.74, 6) is 0.0762. The molecular weight excluding hydrogens is 272 g/mol. The molecule has 2 rings (SSSR count). The highest BCUT2D eigenvalue weighted by molar-refractivity contribution is 5.85. The molecule has 0 spiro atoms. The number of nitrogens with one attached hydrogen (secondary N) is 1. The third kappa shape index (κ3) is 4.83. The summed E-state index contributed by atoms with van der Waals surface area (Å²) >= 11 is 0. The molecule has 0 unspecified atom stereocenters. The molecule has 0 aromatic heterocycles. The molecule has 4 heteroatoms. The zero-order valence-electron chi connectivity index (χ0n) is 11.5. The summed E-state index contributed by atoms with van der Waals surface area (Å²) in [5, 5.41) is 5.30. The number of hydrogen-bond donors (Lipinski definition) is 2. The minimum Gasteiger partial charge on any atom is -0.356 e. The highest BCUT2D eigenvalue weighted by atomic mass is 35.5. The van der Waals surface area contributed by atoms with Crippen LogP contribution in [-0.4, -0.2) is 19.0 Å². The van der Waals surface area contributed by atoms with Gasteiger partial charge in [-0.15, -0.1) is 12.4 Å². The Morgan fingerprint density at radius 2 is 1.80 bits per heavy atom. The van der Waals surface area contributed by atoms with Gasteiger partial charge < -0.3 is 11.1 Å². The number of benzene rings is 2. The van der Waals surface area contributed by atoms with Crippen molar-refractivity contribution in [1.82, 2.24) is 5.32 Å². The van der Waals surface area contributed by atoms with Crippen molar-refractivity contribution in [3.8, 4) is 0 Å². The molecule has 0 heterocycles. The van der Waals surface area contributed by atoms with E-state index >= 15 is 0 Å². The average molecular weight is 293 g/mol. The molecule has 0 saturated carbocycles. The van der Waals surface area contributed by atoms with E-state index in [1.54, 1.807) is 0 Å². The molecule has 0 bridgehead atoms. The van der Waals surface area contributed by atoms with Crippen LogP contribution in [0, 0.1) is 0 Å². The van der Waals surface area contributed by atoms with Gasteiger partial charge >= 0.3 is 0 Å². The Bertz CT molecular complexity index is 557. The topological polar surface area (TPSA) is 55.1 Å². The van der Waals surface area contributed by atoms with Crippen LogP contribution in [0.15, 0.2) is 42.5 Å². The lowest BCUT2D eigenvalue weighted by Crippen LogP contribution is -2.26. The van der Waals surface area contributed by atoms with E-state index < -0.39 is 0 Å². The minimum absolute atomic E-state index is 0. The fraction of sp³-hybridized carbons (Fsp3) is 0.312. The number of carbonyl (C=O) groups excluding carboxylic acids is 1. The first kappa shape index (κ1) is 16.5. The first-order chi connectivity index (χ1) is 9.29. The van der Waals surface area contributed by atoms with E-state index in [0.29, 0.717) is 19.5 Å². The van der Waals surface area contributed by atoms with Crippen molar-refractivity contribution in [2.24, 2.45) is 5.73 Å². The van der Waals surface area contributed by atoms with Crippen LogP contribution in [0.2, 0.25) is 0 Å². The number of nitrogens with two attached hydrogens (primary N) is 1. The van der Waals surface area contributed by atoms with Gasteiger partial charge in [0.2, 0.25) is 5.91 Å². The monoisotopic (exact) mass is 292 g/mol. The van der Waals surface area contributed by atoms with E-state index in [0.717, 1.165) is 18.4 Å². The van der Waals surface area contributed by atoms with Crippen LogP contribution in [-0.2, 0) is 11.2 Å². The predicted molar refractivity (Wildman–Crippen MR) is 86.2 cm³/mol. The summed E-state index contributed by atoms with van der Waals surface area (Å²) in [4.78, 5) is 11.8. The fourth-order valence-electron chi connectivity index (χ4n) is 2.09. The van der Waals surface area contributed by atoms with Gasteiger partial charge in [-0.25, -0.2) is 0 Å². The van der Waals surface area contributed by atoms with Gasteiger partial charge in [-0.1, -0.05) is 42.5 Å². The van der Waals surface area contributed by atoms with Crippen LogP contribution in [0.4, 0.5) is 0 Å². The third-order valence-corrected chi connectivity index (χ3v) is 3.13. The quantitative estimate of drug-likeness (QED) is 0.804. The maximum atomic E-state index is 11.8. The molecule has 2 aromatic rings. The van der Waals surface area contributed by atoms with E-state index in [-0.39, 0.29) is 18.3 Å². The number of unbranched alkanes of at least 4 members (excludes halogenated alkanes) is 1. The Kier molecular flexibility index (Phi) is 7.05. The first-order valence-corrected chi connectivity index (χ1v) is 6.74. The van der Waals surface area contributed by atoms with Gasteiger partial charge in [-0.05, 0) is 35.7 Å². The first-order valence-electron chi connectivity index (χ1n) is 6.74. The van der Waals surface area contributed by atoms with Crippen molar-refractivity contribution in [3.63, 3.8) is 0 Å². The SMILES string of the molecule is Cl.NCCCCNC(=O)Cc1ccc2ccccc2c1. The zero-order valence-corrected chi connectivity index (χ0v) is 12.3. The maximum absolute atomic E-state index is 11.8. The second kappa shape index (κ2) is 8.56. The molecule has 0 aliphatic rings. The van der Waals surface area contributed by atoms with Crippen molar-refractivity contribution in [2.45, 2.75) is 19.3 Å². The van der Waals surface area contributed by atoms with Crippen molar-refractivity contribution in [3.05, 3.63) is 48.0 Å². The molecule has 0 aliphatic carbocycles. The van der Waals surface area contributed by atoms with Crippen LogP contribution in [0.1, 0.15) is 18.4 Å². The Balaban J connectivity index is 0.00000200. The molecule has 20 heavy (non-hydrogen) atoms. The number of amides is 1. The largest absolute Gasteiger partial charge is 0.356 e. The molecule has 0 fully saturated rings. The van der Waals surface area contributed by atoms with Gasteiger partial charge in [-0.3, -0.25) is 4.79 Å². The fourth-order valence-corrected chi connectivity index (χ4v) is 2.09. The van der Waals surface area contributed by atoms with Crippen molar-refractivity contribution in [1.29, 1.82) is 0 Å². The molecule has 0 atom stereocenters. The standard InChI is InChI=1S/C16H20N2O.ClH/c17-9-3-4-10-18-16(19)12-13-7-8-14-5-1-2-6-15(14)11-13;/h1-2,5-8,11H,3-4,9-10,12,17H2,(H,18,19);1H. The summed E-state index contributed by atoms with van der Waals surface area (Å²) in [6, 6.07) is 14.3. The van der Waals surface area contributed by atoms with Crippen LogP contribution in [0.5, 0.6) is 0 Å². The number of hydrogen-bond acceptors (Lipinski definition) is 2. The number of halogens is 1. The van der Waals surface area contributed by atoms with E-state index in [1.165, 1.54) is 10.8 Å². The van der Waals surface area contributed by atoms with Crippen LogP contribution < -0.4 is 11.1 Å². The van der Waals surface area contributed by atoms with E-state index in [1.807, 2.05) is 18.2 Å². The highest BCUT2D eigenvalue weighted by Gasteiger charge is 2.03. The van der Waals surface area contributed by atoms with Gasteiger partial charge in [0.25, 0.3) is 0 Å². The second-order valence-electron chi connectivity index (χ2n) is 4.70. The van der Waals surface area contributed by atoms with Gasteiger partial charge in [0, 0.05) is 6.54 Å². The predicted octanol–water partition coefficient (Wildman–Crippen LogP) is 2.66. The minimum atomic E-state index is 0. The average Bonchev–Trinajstić information content (AvgIpc) is 2.43. The number of fused-ring (bicyclic) bond motifs is 1. The van der Waals surface area contributed by atoms with E-state index in [2.05, 4.69) is 29.6 Å². The van der Waals surface area contributed by atoms with Crippen LogP contribution in [0.25, 0.3) is 10.8 Å². The molecule has 0 saturated heterocycles. The molecule has 0 aliphatic heterocycles. The smallest absolute Gasteiger partial charge is 0.224 e. The molecule has 2 aromatic carbocycles. The second-order valence-corrected chi connectivity index (χ2v) is 4.70. The molecule has 108 valence electrons. The van der Waals surface area contributed by atoms with Crippen molar-refractivity contribution < 1.29 is 4.79 Å². The van der Waals surface area contributed by atoms with Crippen LogP contribution >= 0.6 is 12.4 Å². The summed E-state index contributed by atoms with van der Waals surface area (Å²) in [6.07, 6.45) is 2.34. The summed E-state index contributed by atoms with van der Waals surface area (Å²) in [6.45, 7) is 1.39. The third-order valence-electron chi connectivity index (χ3n) is 3.13. The highest BCUT2D eigenvalue weighted by Crippen LogP contribution is 2.15. The zero-order chi connectivity index (χ0) is 13.5. The van der Waals surface area contributed by atoms with Crippen molar-refractivity contribution in [2.75, 3.05) is 13.1 Å². The Morgan fingerprint density at radius 3 is 2.55 bits per heavy atom. The van der Waals surface area contributed by atoms with Gasteiger partial charge in [0.15, 0.2) is 0 Å². The van der Waals surface area contributed by atoms with Gasteiger partial charge in [-0.2, -0.15) is 0 Å². The van der Waals surface area contributed by atoms with Gasteiger partial charge in [0.1, 0.15) is 0 Å². The molecule has 3 nitrogen and oxygen atoms in total.